The Morgan fingerprint density at radius 1 is 1.20 bits per heavy atom. The average Bonchev–Trinajstić information content (AvgIpc) is 3.67. The molecule has 238 valence electrons. The number of carbonyl (C=O) groups excluding carboxylic acids is 3. The van der Waals surface area contributed by atoms with Crippen molar-refractivity contribution in [3.63, 3.8) is 0 Å². The minimum atomic E-state index is -0.832. The Kier molecular flexibility index (Phi) is 10.1. The van der Waals surface area contributed by atoms with E-state index in [1.165, 1.54) is 9.80 Å². The summed E-state index contributed by atoms with van der Waals surface area (Å²) >= 11 is 1.58. The number of carbonyl (C=O) groups is 3. The van der Waals surface area contributed by atoms with Crippen LogP contribution in [0.2, 0.25) is 0 Å². The largest absolute Gasteiger partial charge is 0.444 e. The monoisotopic (exact) mass is 625 g/mol. The summed E-state index contributed by atoms with van der Waals surface area (Å²) in [5.41, 5.74) is 4.61. The van der Waals surface area contributed by atoms with E-state index in [1.54, 1.807) is 45.2 Å². The number of rotatable bonds is 9. The molecule has 1 fully saturated rings. The van der Waals surface area contributed by atoms with Gasteiger partial charge in [0, 0.05) is 26.1 Å². The predicted molar refractivity (Wildman–Crippen MR) is 167 cm³/mol. The van der Waals surface area contributed by atoms with E-state index >= 15 is 0 Å². The van der Waals surface area contributed by atoms with Gasteiger partial charge < -0.3 is 29.5 Å². The number of aryl methyl sites for hydroxylation is 1. The maximum atomic E-state index is 13.9. The molecule has 3 aromatic rings. The molecule has 4 atom stereocenters. The first-order valence-electron chi connectivity index (χ1n) is 14.8. The number of benzene rings is 1. The number of aliphatic hydroxyl groups is 1. The number of likely N-dealkylation sites (tertiary alicyclic amines) is 1. The summed E-state index contributed by atoms with van der Waals surface area (Å²) in [5, 5.41) is 17.6. The highest BCUT2D eigenvalue weighted by molar-refractivity contribution is 7.13. The highest BCUT2D eigenvalue weighted by Crippen LogP contribution is 2.32. The Hall–Kier alpha value is -3.77. The Bertz CT molecular complexity index is 1460. The smallest absolute Gasteiger partial charge is 0.410 e. The van der Waals surface area contributed by atoms with Crippen LogP contribution < -0.4 is 5.32 Å². The first kappa shape index (κ1) is 33.1. The predicted octanol–water partition coefficient (Wildman–Crippen LogP) is 5.05. The van der Waals surface area contributed by atoms with Gasteiger partial charge in [-0.05, 0) is 51.7 Å². The Morgan fingerprint density at radius 2 is 1.89 bits per heavy atom. The van der Waals surface area contributed by atoms with Crippen molar-refractivity contribution in [2.75, 3.05) is 13.6 Å². The van der Waals surface area contributed by atoms with Crippen LogP contribution in [0.1, 0.15) is 82.6 Å². The quantitative estimate of drug-likeness (QED) is 0.337. The van der Waals surface area contributed by atoms with Crippen LogP contribution in [0.25, 0.3) is 10.4 Å². The number of aromatic nitrogens is 2. The fraction of sp³-hybridized carbons (Fsp3) is 0.531. The molecule has 1 aliphatic rings. The molecule has 0 radical (unpaired) electrons. The number of nitrogens with one attached hydrogen (secondary N) is 1. The first-order chi connectivity index (χ1) is 20.6. The molecular weight excluding hydrogens is 582 g/mol. The molecule has 0 saturated carbocycles. The van der Waals surface area contributed by atoms with Gasteiger partial charge in [0.1, 0.15) is 29.0 Å². The van der Waals surface area contributed by atoms with Gasteiger partial charge in [-0.25, -0.2) is 9.78 Å². The molecule has 12 heteroatoms. The maximum absolute atomic E-state index is 13.9. The summed E-state index contributed by atoms with van der Waals surface area (Å²) in [6.07, 6.45) is -1.19. The second kappa shape index (κ2) is 13.5. The first-order valence-corrected chi connectivity index (χ1v) is 15.7. The van der Waals surface area contributed by atoms with E-state index in [0.29, 0.717) is 11.5 Å². The summed E-state index contributed by atoms with van der Waals surface area (Å²) in [7, 11) is 1.60. The Labute approximate surface area is 262 Å². The molecule has 11 nitrogen and oxygen atoms in total. The van der Waals surface area contributed by atoms with Gasteiger partial charge >= 0.3 is 6.09 Å². The summed E-state index contributed by atoms with van der Waals surface area (Å²) < 4.78 is 11.0. The molecule has 4 rings (SSSR count). The molecule has 3 amide bonds. The molecule has 1 aromatic carbocycles. The molecular formula is C32H43N5O6S. The Morgan fingerprint density at radius 3 is 2.48 bits per heavy atom. The van der Waals surface area contributed by atoms with Crippen molar-refractivity contribution in [3.8, 4) is 10.4 Å². The molecule has 44 heavy (non-hydrogen) atoms. The van der Waals surface area contributed by atoms with Gasteiger partial charge in [0.25, 0.3) is 0 Å². The SMILES string of the molecule is Cc1ncsc1-c1ccc([C@H](C)NC(=O)[C@@H]2C[C@@H](O)CN2C(=O)[C@H](c2cc(CN(C)C(=O)OC(C)(C)C)no2)C(C)C)cc1. The molecule has 1 saturated heterocycles. The van der Waals surface area contributed by atoms with Crippen molar-refractivity contribution in [2.24, 2.45) is 5.92 Å². The highest BCUT2D eigenvalue weighted by atomic mass is 32.1. The number of hydrogen-bond acceptors (Lipinski definition) is 9. The van der Waals surface area contributed by atoms with Gasteiger partial charge in [-0.1, -0.05) is 43.3 Å². The lowest BCUT2D eigenvalue weighted by Crippen LogP contribution is -2.48. The zero-order chi connectivity index (χ0) is 32.3. The van der Waals surface area contributed by atoms with E-state index in [4.69, 9.17) is 9.26 Å². The molecule has 2 N–H and O–H groups in total. The van der Waals surface area contributed by atoms with Crippen LogP contribution in [-0.4, -0.2) is 74.3 Å². The van der Waals surface area contributed by atoms with Crippen LogP contribution >= 0.6 is 11.3 Å². The van der Waals surface area contributed by atoms with E-state index in [0.717, 1.165) is 21.7 Å². The zero-order valence-electron chi connectivity index (χ0n) is 26.7. The summed E-state index contributed by atoms with van der Waals surface area (Å²) in [6, 6.07) is 8.49. The summed E-state index contributed by atoms with van der Waals surface area (Å²) in [4.78, 5) is 48.1. The second-order valence-corrected chi connectivity index (χ2v) is 13.6. The lowest BCUT2D eigenvalue weighted by molar-refractivity contribution is -0.141. The third-order valence-corrected chi connectivity index (χ3v) is 8.54. The maximum Gasteiger partial charge on any atom is 0.410 e. The number of nitrogens with zero attached hydrogens (tertiary/aromatic N) is 4. The summed E-state index contributed by atoms with van der Waals surface area (Å²) in [5.74, 6) is -1.24. The van der Waals surface area contributed by atoms with Crippen LogP contribution in [0.5, 0.6) is 0 Å². The van der Waals surface area contributed by atoms with Gasteiger partial charge in [-0.15, -0.1) is 11.3 Å². The third-order valence-electron chi connectivity index (χ3n) is 7.56. The van der Waals surface area contributed by atoms with Gasteiger partial charge in [-0.2, -0.15) is 0 Å². The van der Waals surface area contributed by atoms with Crippen molar-refractivity contribution < 1.29 is 28.8 Å². The van der Waals surface area contributed by atoms with Gasteiger partial charge in [0.05, 0.1) is 34.8 Å². The number of thiazole rings is 1. The van der Waals surface area contributed by atoms with Crippen molar-refractivity contribution in [2.45, 2.75) is 91.1 Å². The number of ether oxygens (including phenoxy) is 1. The van der Waals surface area contributed by atoms with Crippen molar-refractivity contribution in [1.82, 2.24) is 25.3 Å². The molecule has 0 spiro atoms. The number of hydrogen-bond donors (Lipinski definition) is 2. The summed E-state index contributed by atoms with van der Waals surface area (Å²) in [6.45, 7) is 13.2. The van der Waals surface area contributed by atoms with E-state index in [-0.39, 0.29) is 43.3 Å². The minimum Gasteiger partial charge on any atom is -0.444 e. The van der Waals surface area contributed by atoms with E-state index in [9.17, 15) is 19.5 Å². The molecule has 0 bridgehead atoms. The van der Waals surface area contributed by atoms with Crippen LogP contribution in [0, 0.1) is 12.8 Å². The topological polar surface area (TPSA) is 138 Å². The lowest BCUT2D eigenvalue weighted by atomic mass is 9.91. The van der Waals surface area contributed by atoms with Crippen LogP contribution in [0.3, 0.4) is 0 Å². The molecule has 0 unspecified atom stereocenters. The zero-order valence-corrected chi connectivity index (χ0v) is 27.5. The standard InChI is InChI=1S/C32H43N5O6S/c1-18(2)27(26-13-23(35-43-26)15-36(8)31(41)42-32(5,6)7)30(40)37-16-24(38)14-25(37)29(39)34-19(3)21-9-11-22(12-10-21)28-20(4)33-17-44-28/h9-13,17-19,24-25,27,38H,14-16H2,1-8H3,(H,34,39)/t19-,24+,25-,27-/m0/s1. The minimum absolute atomic E-state index is 0.0415. The van der Waals surface area contributed by atoms with E-state index in [2.05, 4.69) is 15.5 Å². The molecule has 1 aliphatic heterocycles. The number of aliphatic hydroxyl groups excluding tert-OH is 1. The second-order valence-electron chi connectivity index (χ2n) is 12.8. The van der Waals surface area contributed by atoms with Crippen LogP contribution in [0.15, 0.2) is 40.4 Å². The normalized spacial score (nSPS) is 18.3. The van der Waals surface area contributed by atoms with E-state index < -0.39 is 29.8 Å². The fourth-order valence-corrected chi connectivity index (χ4v) is 6.12. The van der Waals surface area contributed by atoms with Crippen LogP contribution in [0.4, 0.5) is 4.79 Å². The fourth-order valence-electron chi connectivity index (χ4n) is 5.31. The molecule has 2 aromatic heterocycles. The van der Waals surface area contributed by atoms with Crippen LogP contribution in [-0.2, 0) is 20.9 Å². The van der Waals surface area contributed by atoms with Crippen molar-refractivity contribution in [3.05, 3.63) is 58.6 Å². The molecule has 0 aliphatic carbocycles. The average molecular weight is 626 g/mol. The number of β-amino-alcohol motifs (C(OH)–C–C–N with tert-alkyl or cyclic N) is 1. The van der Waals surface area contributed by atoms with E-state index in [1.807, 2.05) is 57.5 Å². The number of amides is 3. The third kappa shape index (κ3) is 7.84. The van der Waals surface area contributed by atoms with Gasteiger partial charge in [0.2, 0.25) is 11.8 Å². The van der Waals surface area contributed by atoms with Crippen molar-refractivity contribution >= 4 is 29.2 Å². The lowest BCUT2D eigenvalue weighted by Gasteiger charge is -2.29. The van der Waals surface area contributed by atoms with Gasteiger partial charge in [-0.3, -0.25) is 9.59 Å². The van der Waals surface area contributed by atoms with Gasteiger partial charge in [0.15, 0.2) is 0 Å². The van der Waals surface area contributed by atoms with Crippen molar-refractivity contribution in [1.29, 1.82) is 0 Å². The Balaban J connectivity index is 1.44. The molecule has 3 heterocycles. The highest BCUT2D eigenvalue weighted by Gasteiger charge is 2.43.